The third-order valence-electron chi connectivity index (χ3n) is 3.66. The minimum atomic E-state index is -3.82. The molecule has 14 heteroatoms. The van der Waals surface area contributed by atoms with Gasteiger partial charge in [-0.05, 0) is 25.1 Å². The summed E-state index contributed by atoms with van der Waals surface area (Å²) in [6, 6.07) is 3.29. The topological polar surface area (TPSA) is 128 Å². The van der Waals surface area contributed by atoms with Gasteiger partial charge in [-0.3, -0.25) is 19.2 Å². The van der Waals surface area contributed by atoms with Gasteiger partial charge in [0, 0.05) is 0 Å². The Bertz CT molecular complexity index is 1030. The molecule has 30 heavy (non-hydrogen) atoms. The average molecular weight is 495 g/mol. The molecule has 164 valence electrons. The van der Waals surface area contributed by atoms with Crippen LogP contribution in [-0.4, -0.2) is 62.8 Å². The molecule has 0 bridgehead atoms. The number of methoxy groups -OCH3 is 2. The van der Waals surface area contributed by atoms with Crippen LogP contribution in [0.15, 0.2) is 22.5 Å². The summed E-state index contributed by atoms with van der Waals surface area (Å²) in [4.78, 5) is 23.9. The van der Waals surface area contributed by atoms with E-state index in [1.807, 2.05) is 0 Å². The normalized spacial score (nSPS) is 12.2. The summed E-state index contributed by atoms with van der Waals surface area (Å²) in [5.74, 6) is -0.614. The first-order valence-electron chi connectivity index (χ1n) is 8.23. The highest BCUT2D eigenvalue weighted by Gasteiger charge is 2.30. The highest BCUT2D eigenvalue weighted by atomic mass is 35.5. The van der Waals surface area contributed by atoms with Crippen molar-refractivity contribution < 1.29 is 27.5 Å². The fourth-order valence-corrected chi connectivity index (χ4v) is 5.32. The number of halogens is 1. The Balaban J connectivity index is 2.18. The number of hydrogen-bond donors (Lipinski definition) is 1. The first kappa shape index (κ1) is 24.2. The van der Waals surface area contributed by atoms with E-state index in [0.29, 0.717) is 10.1 Å². The number of carbonyl (C=O) groups is 2. The number of nitrogens with zero attached hydrogens (tertiary/aromatic N) is 3. The Kier molecular flexibility index (Phi) is 8.29. The number of rotatable bonds is 9. The Morgan fingerprint density at radius 2 is 2.03 bits per heavy atom. The molecule has 0 spiro atoms. The molecule has 0 aliphatic heterocycles. The van der Waals surface area contributed by atoms with Gasteiger partial charge in [-0.1, -0.05) is 34.7 Å². The number of esters is 1. The lowest BCUT2D eigenvalue weighted by Crippen LogP contribution is -2.45. The second-order valence-electron chi connectivity index (χ2n) is 5.78. The van der Waals surface area contributed by atoms with Gasteiger partial charge in [0.15, 0.2) is 4.34 Å². The van der Waals surface area contributed by atoms with Crippen LogP contribution in [0, 0.1) is 0 Å². The lowest BCUT2D eigenvalue weighted by molar-refractivity contribution is -0.137. The van der Waals surface area contributed by atoms with Crippen LogP contribution >= 0.6 is 34.7 Å². The van der Waals surface area contributed by atoms with E-state index in [4.69, 9.17) is 16.3 Å². The minimum absolute atomic E-state index is 0.0512. The van der Waals surface area contributed by atoms with Gasteiger partial charge >= 0.3 is 5.97 Å². The van der Waals surface area contributed by atoms with Crippen LogP contribution in [0.4, 0.5) is 10.8 Å². The molecule has 2 aromatic rings. The molecule has 1 amide bonds. The number of nitrogens with one attached hydrogen (secondary N) is 1. The Labute approximate surface area is 187 Å². The maximum Gasteiger partial charge on any atom is 0.316 e. The maximum absolute atomic E-state index is 12.7. The summed E-state index contributed by atoms with van der Waals surface area (Å²) < 4.78 is 35.8. The van der Waals surface area contributed by atoms with Gasteiger partial charge in [0.1, 0.15) is 11.8 Å². The molecule has 1 unspecified atom stereocenters. The number of aromatic nitrogens is 2. The van der Waals surface area contributed by atoms with E-state index in [2.05, 4.69) is 20.3 Å². The van der Waals surface area contributed by atoms with Crippen molar-refractivity contribution in [3.05, 3.63) is 23.2 Å². The molecule has 0 saturated carbocycles. The zero-order valence-corrected chi connectivity index (χ0v) is 19.6. The zero-order valence-electron chi connectivity index (χ0n) is 16.4. The van der Waals surface area contributed by atoms with Crippen LogP contribution in [0.2, 0.25) is 5.02 Å². The predicted octanol–water partition coefficient (Wildman–Crippen LogP) is 2.26. The van der Waals surface area contributed by atoms with Gasteiger partial charge < -0.3 is 9.47 Å². The van der Waals surface area contributed by atoms with E-state index >= 15 is 0 Å². The zero-order chi connectivity index (χ0) is 22.5. The highest BCUT2D eigenvalue weighted by Crippen LogP contribution is 2.32. The van der Waals surface area contributed by atoms with E-state index in [1.165, 1.54) is 39.3 Å². The Hall–Kier alpha value is -2.09. The fraction of sp³-hybridized carbons (Fsp3) is 0.375. The van der Waals surface area contributed by atoms with Crippen molar-refractivity contribution in [2.24, 2.45) is 0 Å². The van der Waals surface area contributed by atoms with E-state index in [-0.39, 0.29) is 21.6 Å². The molecular formula is C16H19ClN4O6S3. The van der Waals surface area contributed by atoms with Gasteiger partial charge in [-0.25, -0.2) is 8.42 Å². The van der Waals surface area contributed by atoms with Gasteiger partial charge in [0.05, 0.1) is 36.9 Å². The number of sulfonamides is 1. The molecule has 0 fully saturated rings. The third-order valence-corrected chi connectivity index (χ3v) is 7.14. The second-order valence-corrected chi connectivity index (χ2v) is 10.2. The Morgan fingerprint density at radius 3 is 2.60 bits per heavy atom. The van der Waals surface area contributed by atoms with Crippen molar-refractivity contribution in [2.45, 2.75) is 17.3 Å². The largest absolute Gasteiger partial charge is 0.495 e. The summed E-state index contributed by atoms with van der Waals surface area (Å²) in [7, 11) is -1.11. The Morgan fingerprint density at radius 1 is 1.33 bits per heavy atom. The molecule has 1 heterocycles. The molecule has 10 nitrogen and oxygen atoms in total. The van der Waals surface area contributed by atoms with Crippen molar-refractivity contribution in [1.29, 1.82) is 0 Å². The van der Waals surface area contributed by atoms with Crippen LogP contribution < -0.4 is 14.4 Å². The van der Waals surface area contributed by atoms with Gasteiger partial charge in [-0.15, -0.1) is 10.2 Å². The van der Waals surface area contributed by atoms with E-state index in [0.717, 1.165) is 33.7 Å². The lowest BCUT2D eigenvalue weighted by atomic mass is 10.2. The van der Waals surface area contributed by atoms with Crippen molar-refractivity contribution in [2.75, 3.05) is 35.9 Å². The molecule has 1 atom stereocenters. The molecule has 0 saturated heterocycles. The summed E-state index contributed by atoms with van der Waals surface area (Å²) in [5, 5.41) is 10.6. The first-order valence-corrected chi connectivity index (χ1v) is 12.3. The summed E-state index contributed by atoms with van der Waals surface area (Å²) in [5.41, 5.74) is 0.206. The summed E-state index contributed by atoms with van der Waals surface area (Å²) in [6.07, 6.45) is 0.988. The monoisotopic (exact) mass is 494 g/mol. The van der Waals surface area contributed by atoms with Gasteiger partial charge in [0.25, 0.3) is 0 Å². The van der Waals surface area contributed by atoms with Gasteiger partial charge in [-0.2, -0.15) is 0 Å². The summed E-state index contributed by atoms with van der Waals surface area (Å²) in [6.45, 7) is 1.43. The molecule has 1 N–H and O–H groups in total. The van der Waals surface area contributed by atoms with Crippen LogP contribution in [-0.2, 0) is 24.3 Å². The standard InChI is InChI=1S/C16H19ClN4O6S3/c1-9(14(23)18-15-19-20-16(29-15)28-8-13(22)27-3)21(30(4,24)25)10-5-6-12(26-2)11(17)7-10/h5-7,9H,8H2,1-4H3,(H,18,19,23). The molecule has 1 aromatic carbocycles. The molecule has 2 rings (SSSR count). The van der Waals surface area contributed by atoms with E-state index < -0.39 is 27.9 Å². The van der Waals surface area contributed by atoms with Crippen molar-refractivity contribution in [3.8, 4) is 5.75 Å². The SMILES string of the molecule is COC(=O)CSc1nnc(NC(=O)C(C)N(c2ccc(OC)c(Cl)c2)S(C)(=O)=O)s1. The number of anilines is 2. The van der Waals surface area contributed by atoms with Crippen LogP contribution in [0.1, 0.15) is 6.92 Å². The van der Waals surface area contributed by atoms with Crippen molar-refractivity contribution >= 4 is 67.4 Å². The lowest BCUT2D eigenvalue weighted by Gasteiger charge is -2.28. The fourth-order valence-electron chi connectivity index (χ4n) is 2.31. The van der Waals surface area contributed by atoms with Crippen LogP contribution in [0.5, 0.6) is 5.75 Å². The predicted molar refractivity (Wildman–Crippen MR) is 116 cm³/mol. The number of benzene rings is 1. The van der Waals surface area contributed by atoms with Crippen molar-refractivity contribution in [1.82, 2.24) is 10.2 Å². The smallest absolute Gasteiger partial charge is 0.316 e. The number of hydrogen-bond acceptors (Lipinski definition) is 10. The number of amides is 1. The van der Waals surface area contributed by atoms with Crippen LogP contribution in [0.3, 0.4) is 0 Å². The van der Waals surface area contributed by atoms with Crippen molar-refractivity contribution in [3.63, 3.8) is 0 Å². The molecule has 1 aromatic heterocycles. The molecule has 0 aliphatic rings. The number of ether oxygens (including phenoxy) is 2. The van der Waals surface area contributed by atoms with Gasteiger partial charge in [0.2, 0.25) is 21.1 Å². The maximum atomic E-state index is 12.7. The molecular weight excluding hydrogens is 476 g/mol. The average Bonchev–Trinajstić information content (AvgIpc) is 3.12. The molecule has 0 aliphatic carbocycles. The van der Waals surface area contributed by atoms with Crippen LogP contribution in [0.25, 0.3) is 0 Å². The highest BCUT2D eigenvalue weighted by molar-refractivity contribution is 8.01. The quantitative estimate of drug-likeness (QED) is 0.317. The van der Waals surface area contributed by atoms with E-state index in [9.17, 15) is 18.0 Å². The summed E-state index contributed by atoms with van der Waals surface area (Å²) >= 11 is 8.26. The van der Waals surface area contributed by atoms with E-state index in [1.54, 1.807) is 0 Å². The second kappa shape index (κ2) is 10.3. The minimum Gasteiger partial charge on any atom is -0.495 e. The number of carbonyl (C=O) groups excluding carboxylic acids is 2. The molecule has 0 radical (unpaired) electrons. The first-order chi connectivity index (χ1) is 14.1. The third kappa shape index (κ3) is 6.20. The number of thioether (sulfide) groups is 1.